The molecule has 0 radical (unpaired) electrons. The van der Waals surface area contributed by atoms with Crippen molar-refractivity contribution in [1.29, 1.82) is 0 Å². The molecule has 4 aromatic rings. The standard InChI is InChI=1S/C35H32BrClN2O2/c1-3-40-33-19-24(18-31(36)35(33)41-21-23-8-12-26(37)13-9-23)20-38-27-14-10-25(11-15-27)34-29-6-4-5-28(29)30-17-22(2)7-16-32(30)39-34/h4-5,7-20,28-29,34,39H,3,6,21H2,1-2H3/t28-,29+,34+/m1/s1. The normalized spacial score (nSPS) is 19.1. The number of ether oxygens (including phenoxy) is 2. The third-order valence-electron chi connectivity index (χ3n) is 7.76. The zero-order chi connectivity index (χ0) is 28.3. The lowest BCUT2D eigenvalue weighted by Gasteiger charge is -2.37. The first-order chi connectivity index (χ1) is 20.0. The van der Waals surface area contributed by atoms with Crippen molar-refractivity contribution in [1.82, 2.24) is 0 Å². The SMILES string of the molecule is CCOc1cc(C=Nc2ccc([C@@H]3Nc4ccc(C)cc4[C@@H]4C=CC[C@@H]43)cc2)cc(Br)c1OCc1ccc(Cl)cc1. The fraction of sp³-hybridized carbons (Fsp3) is 0.229. The molecule has 6 rings (SSSR count). The molecule has 0 spiro atoms. The van der Waals surface area contributed by atoms with Crippen molar-refractivity contribution < 1.29 is 9.47 Å². The van der Waals surface area contributed by atoms with Crippen molar-refractivity contribution in [3.05, 3.63) is 128 Å². The van der Waals surface area contributed by atoms with E-state index in [4.69, 9.17) is 26.1 Å². The fourth-order valence-corrected chi connectivity index (χ4v) is 6.46. The van der Waals surface area contributed by atoms with E-state index in [2.05, 4.69) is 82.8 Å². The second-order valence-electron chi connectivity index (χ2n) is 10.6. The van der Waals surface area contributed by atoms with E-state index in [0.29, 0.717) is 41.6 Å². The summed E-state index contributed by atoms with van der Waals surface area (Å²) in [7, 11) is 0. The highest BCUT2D eigenvalue weighted by Crippen LogP contribution is 2.50. The van der Waals surface area contributed by atoms with Crippen LogP contribution in [-0.4, -0.2) is 12.8 Å². The van der Waals surface area contributed by atoms with Gasteiger partial charge in [-0.15, -0.1) is 0 Å². The first-order valence-electron chi connectivity index (χ1n) is 14.0. The number of benzene rings is 4. The minimum absolute atomic E-state index is 0.272. The van der Waals surface area contributed by atoms with Crippen LogP contribution in [0, 0.1) is 12.8 Å². The minimum atomic E-state index is 0.272. The third-order valence-corrected chi connectivity index (χ3v) is 8.60. The van der Waals surface area contributed by atoms with Gasteiger partial charge in [-0.25, -0.2) is 0 Å². The van der Waals surface area contributed by atoms with Gasteiger partial charge in [0.1, 0.15) is 6.61 Å². The average Bonchev–Trinajstić information content (AvgIpc) is 3.47. The van der Waals surface area contributed by atoms with Gasteiger partial charge in [-0.1, -0.05) is 65.7 Å². The molecular formula is C35H32BrClN2O2. The molecule has 1 aliphatic heterocycles. The number of hydrogen-bond donors (Lipinski definition) is 1. The predicted octanol–water partition coefficient (Wildman–Crippen LogP) is 9.97. The van der Waals surface area contributed by atoms with Crippen molar-refractivity contribution in [3.8, 4) is 11.5 Å². The summed E-state index contributed by atoms with van der Waals surface area (Å²) in [5.41, 5.74) is 8.11. The largest absolute Gasteiger partial charge is 0.490 e. The Morgan fingerprint density at radius 1 is 1.00 bits per heavy atom. The summed E-state index contributed by atoms with van der Waals surface area (Å²) in [5.74, 6) is 2.32. The number of anilines is 1. The van der Waals surface area contributed by atoms with E-state index in [1.165, 1.54) is 22.4 Å². The molecule has 0 saturated heterocycles. The Kier molecular flexibility index (Phi) is 8.18. The van der Waals surface area contributed by atoms with Gasteiger partial charge in [0.15, 0.2) is 11.5 Å². The molecule has 0 saturated carbocycles. The molecule has 2 aliphatic rings. The van der Waals surface area contributed by atoms with E-state index in [1.54, 1.807) is 0 Å². The number of rotatable bonds is 8. The van der Waals surface area contributed by atoms with Crippen LogP contribution < -0.4 is 14.8 Å². The summed E-state index contributed by atoms with van der Waals surface area (Å²) in [6.45, 7) is 5.07. The van der Waals surface area contributed by atoms with Crippen molar-refractivity contribution >= 4 is 45.1 Å². The Morgan fingerprint density at radius 2 is 1.80 bits per heavy atom. The number of aliphatic imine (C=N–C) groups is 1. The zero-order valence-electron chi connectivity index (χ0n) is 23.1. The monoisotopic (exact) mass is 626 g/mol. The molecule has 41 heavy (non-hydrogen) atoms. The molecule has 1 N–H and O–H groups in total. The maximum atomic E-state index is 6.12. The Balaban J connectivity index is 1.17. The van der Waals surface area contributed by atoms with Crippen molar-refractivity contribution in [2.75, 3.05) is 11.9 Å². The summed E-state index contributed by atoms with van der Waals surface area (Å²) in [5, 5.41) is 4.53. The predicted molar refractivity (Wildman–Crippen MR) is 172 cm³/mol. The van der Waals surface area contributed by atoms with Gasteiger partial charge >= 0.3 is 0 Å². The van der Waals surface area contributed by atoms with E-state index < -0.39 is 0 Å². The highest BCUT2D eigenvalue weighted by atomic mass is 79.9. The van der Waals surface area contributed by atoms with Gasteiger partial charge < -0.3 is 14.8 Å². The van der Waals surface area contributed by atoms with Gasteiger partial charge in [-0.05, 0) is 107 Å². The topological polar surface area (TPSA) is 42.8 Å². The first kappa shape index (κ1) is 27.6. The molecule has 1 heterocycles. The first-order valence-corrected chi connectivity index (χ1v) is 15.2. The van der Waals surface area contributed by atoms with Crippen LogP contribution in [0.15, 0.2) is 100 Å². The number of fused-ring (bicyclic) bond motifs is 3. The Labute approximate surface area is 255 Å². The van der Waals surface area contributed by atoms with Crippen LogP contribution in [0.1, 0.15) is 53.1 Å². The number of aryl methyl sites for hydroxylation is 1. The summed E-state index contributed by atoms with van der Waals surface area (Å²) in [6, 6.07) is 27.2. The van der Waals surface area contributed by atoms with Gasteiger partial charge in [-0.3, -0.25) is 4.99 Å². The summed E-state index contributed by atoms with van der Waals surface area (Å²) < 4.78 is 12.9. The van der Waals surface area contributed by atoms with Crippen LogP contribution >= 0.6 is 27.5 Å². The summed E-state index contributed by atoms with van der Waals surface area (Å²) in [6.07, 6.45) is 7.67. The number of nitrogens with zero attached hydrogens (tertiary/aromatic N) is 1. The van der Waals surface area contributed by atoms with Crippen LogP contribution in [0.5, 0.6) is 11.5 Å². The summed E-state index contributed by atoms with van der Waals surface area (Å²) >= 11 is 9.68. The molecule has 4 nitrogen and oxygen atoms in total. The quantitative estimate of drug-likeness (QED) is 0.156. The number of hydrogen-bond acceptors (Lipinski definition) is 4. The lowest BCUT2D eigenvalue weighted by atomic mass is 9.76. The molecule has 0 amide bonds. The molecule has 0 aromatic heterocycles. The lowest BCUT2D eigenvalue weighted by molar-refractivity contribution is 0.267. The Morgan fingerprint density at radius 3 is 2.59 bits per heavy atom. The van der Waals surface area contributed by atoms with Crippen LogP contribution in [0.3, 0.4) is 0 Å². The molecule has 3 atom stereocenters. The van der Waals surface area contributed by atoms with E-state index in [1.807, 2.05) is 49.5 Å². The molecule has 6 heteroatoms. The smallest absolute Gasteiger partial charge is 0.175 e. The minimum Gasteiger partial charge on any atom is -0.490 e. The maximum Gasteiger partial charge on any atom is 0.175 e. The van der Waals surface area contributed by atoms with Crippen LogP contribution in [0.2, 0.25) is 5.02 Å². The van der Waals surface area contributed by atoms with Crippen molar-refractivity contribution in [3.63, 3.8) is 0 Å². The average molecular weight is 628 g/mol. The highest BCUT2D eigenvalue weighted by Gasteiger charge is 2.37. The Hall–Kier alpha value is -3.54. The van der Waals surface area contributed by atoms with E-state index in [0.717, 1.165) is 27.7 Å². The van der Waals surface area contributed by atoms with Gasteiger partial charge in [0.25, 0.3) is 0 Å². The second kappa shape index (κ2) is 12.1. The molecule has 0 fully saturated rings. The van der Waals surface area contributed by atoms with Crippen molar-refractivity contribution in [2.24, 2.45) is 10.9 Å². The molecular weight excluding hydrogens is 596 g/mol. The zero-order valence-corrected chi connectivity index (χ0v) is 25.5. The number of nitrogens with one attached hydrogen (secondary N) is 1. The van der Waals surface area contributed by atoms with E-state index in [9.17, 15) is 0 Å². The van der Waals surface area contributed by atoms with E-state index in [-0.39, 0.29) is 6.04 Å². The van der Waals surface area contributed by atoms with Gasteiger partial charge in [-0.2, -0.15) is 0 Å². The highest BCUT2D eigenvalue weighted by molar-refractivity contribution is 9.10. The second-order valence-corrected chi connectivity index (χ2v) is 11.9. The van der Waals surface area contributed by atoms with Crippen LogP contribution in [0.4, 0.5) is 11.4 Å². The van der Waals surface area contributed by atoms with Gasteiger partial charge in [0.2, 0.25) is 0 Å². The maximum absolute atomic E-state index is 6.12. The van der Waals surface area contributed by atoms with Crippen LogP contribution in [0.25, 0.3) is 0 Å². The molecule has 208 valence electrons. The molecule has 1 aliphatic carbocycles. The lowest BCUT2D eigenvalue weighted by Crippen LogP contribution is -2.29. The number of halogens is 2. The summed E-state index contributed by atoms with van der Waals surface area (Å²) in [4.78, 5) is 4.76. The van der Waals surface area contributed by atoms with Crippen molar-refractivity contribution in [2.45, 2.75) is 38.8 Å². The number of allylic oxidation sites excluding steroid dienone is 2. The van der Waals surface area contributed by atoms with Gasteiger partial charge in [0, 0.05) is 22.8 Å². The fourth-order valence-electron chi connectivity index (χ4n) is 5.76. The Bertz CT molecular complexity index is 1600. The van der Waals surface area contributed by atoms with E-state index >= 15 is 0 Å². The molecule has 0 unspecified atom stereocenters. The van der Waals surface area contributed by atoms with Crippen LogP contribution in [-0.2, 0) is 6.61 Å². The van der Waals surface area contributed by atoms with Gasteiger partial charge in [0.05, 0.1) is 22.8 Å². The molecule has 0 bridgehead atoms. The third kappa shape index (κ3) is 6.07. The molecule has 4 aromatic carbocycles.